The van der Waals surface area contributed by atoms with Crippen LogP contribution in [0.1, 0.15) is 42.5 Å². The van der Waals surface area contributed by atoms with Crippen molar-refractivity contribution in [3.63, 3.8) is 0 Å². The van der Waals surface area contributed by atoms with Gasteiger partial charge in [-0.2, -0.15) is 0 Å². The molecule has 6 nitrogen and oxygen atoms in total. The van der Waals surface area contributed by atoms with Gasteiger partial charge in [0.1, 0.15) is 23.9 Å². The second kappa shape index (κ2) is 9.80. The third-order valence-electron chi connectivity index (χ3n) is 4.70. The van der Waals surface area contributed by atoms with E-state index in [2.05, 4.69) is 15.6 Å². The summed E-state index contributed by atoms with van der Waals surface area (Å²) >= 11 is 0. The number of nitrogens with zero attached hydrogens (tertiary/aromatic N) is 1. The Morgan fingerprint density at radius 1 is 1.07 bits per heavy atom. The number of ether oxygens (including phenoxy) is 2. The lowest BCUT2D eigenvalue weighted by molar-refractivity contribution is 0.0946. The van der Waals surface area contributed by atoms with Crippen LogP contribution in [0, 0.1) is 0 Å². The molecule has 1 heterocycles. The number of methoxy groups -OCH3 is 1. The van der Waals surface area contributed by atoms with E-state index in [1.165, 1.54) is 32.1 Å². The van der Waals surface area contributed by atoms with E-state index in [-0.39, 0.29) is 5.91 Å². The van der Waals surface area contributed by atoms with Gasteiger partial charge in [0.15, 0.2) is 0 Å². The molecule has 0 bridgehead atoms. The number of benzene rings is 1. The van der Waals surface area contributed by atoms with Crippen molar-refractivity contribution in [2.75, 3.05) is 25.6 Å². The summed E-state index contributed by atoms with van der Waals surface area (Å²) in [7, 11) is 1.62. The molecule has 1 aromatic heterocycles. The number of anilines is 1. The second-order valence-electron chi connectivity index (χ2n) is 6.69. The molecule has 1 fully saturated rings. The lowest BCUT2D eigenvalue weighted by Gasteiger charge is -2.23. The quantitative estimate of drug-likeness (QED) is 0.695. The molecular weight excluding hydrogens is 342 g/mol. The summed E-state index contributed by atoms with van der Waals surface area (Å²) in [5.41, 5.74) is 0.550. The normalized spacial score (nSPS) is 14.4. The molecule has 0 unspecified atom stereocenters. The van der Waals surface area contributed by atoms with Crippen LogP contribution in [0.15, 0.2) is 42.6 Å². The van der Waals surface area contributed by atoms with Crippen LogP contribution in [0.25, 0.3) is 0 Å². The number of hydrogen-bond donors (Lipinski definition) is 2. The van der Waals surface area contributed by atoms with Crippen LogP contribution < -0.4 is 20.1 Å². The SMILES string of the molecule is COc1ccc(OCCNC(=O)c2ccc(NC3CCCCC3)nc2)cc1. The molecule has 3 rings (SSSR count). The molecule has 27 heavy (non-hydrogen) atoms. The van der Waals surface area contributed by atoms with Crippen LogP contribution in [-0.4, -0.2) is 37.2 Å². The number of nitrogens with one attached hydrogen (secondary N) is 2. The van der Waals surface area contributed by atoms with Gasteiger partial charge in [-0.15, -0.1) is 0 Å². The fraction of sp³-hybridized carbons (Fsp3) is 0.429. The summed E-state index contributed by atoms with van der Waals surface area (Å²) < 4.78 is 10.7. The predicted molar refractivity (Wildman–Crippen MR) is 106 cm³/mol. The first-order valence-electron chi connectivity index (χ1n) is 9.52. The van der Waals surface area contributed by atoms with Gasteiger partial charge in [-0.3, -0.25) is 4.79 Å². The van der Waals surface area contributed by atoms with E-state index < -0.39 is 0 Å². The second-order valence-corrected chi connectivity index (χ2v) is 6.69. The largest absolute Gasteiger partial charge is 0.497 e. The van der Waals surface area contributed by atoms with E-state index in [1.807, 2.05) is 30.3 Å². The molecule has 1 aromatic carbocycles. The van der Waals surface area contributed by atoms with Crippen molar-refractivity contribution in [2.45, 2.75) is 38.1 Å². The van der Waals surface area contributed by atoms with Gasteiger partial charge in [-0.05, 0) is 49.2 Å². The monoisotopic (exact) mass is 369 g/mol. The molecule has 0 atom stereocenters. The van der Waals surface area contributed by atoms with Gasteiger partial charge in [0.2, 0.25) is 0 Å². The molecular formula is C21H27N3O3. The Kier molecular flexibility index (Phi) is 6.90. The molecule has 144 valence electrons. The van der Waals surface area contributed by atoms with Crippen molar-refractivity contribution in [3.05, 3.63) is 48.2 Å². The Morgan fingerprint density at radius 3 is 2.48 bits per heavy atom. The van der Waals surface area contributed by atoms with Gasteiger partial charge in [-0.25, -0.2) is 4.98 Å². The lowest BCUT2D eigenvalue weighted by Crippen LogP contribution is -2.28. The fourth-order valence-electron chi connectivity index (χ4n) is 3.18. The maximum Gasteiger partial charge on any atom is 0.252 e. The summed E-state index contributed by atoms with van der Waals surface area (Å²) in [6.45, 7) is 0.819. The van der Waals surface area contributed by atoms with Crippen LogP contribution in [0.4, 0.5) is 5.82 Å². The van der Waals surface area contributed by atoms with E-state index >= 15 is 0 Å². The third-order valence-corrected chi connectivity index (χ3v) is 4.70. The van der Waals surface area contributed by atoms with E-state index in [4.69, 9.17) is 9.47 Å². The third kappa shape index (κ3) is 5.88. The Balaban J connectivity index is 1.39. The highest BCUT2D eigenvalue weighted by Gasteiger charge is 2.13. The predicted octanol–water partition coefficient (Wildman–Crippen LogP) is 3.64. The number of hydrogen-bond acceptors (Lipinski definition) is 5. The highest BCUT2D eigenvalue weighted by molar-refractivity contribution is 5.94. The summed E-state index contributed by atoms with van der Waals surface area (Å²) in [6, 6.07) is 11.5. The van der Waals surface area contributed by atoms with E-state index in [0.29, 0.717) is 24.8 Å². The Labute approximate surface area is 160 Å². The Bertz CT molecular complexity index is 710. The first kappa shape index (κ1) is 19.0. The van der Waals surface area contributed by atoms with Crippen LogP contribution in [0.3, 0.4) is 0 Å². The van der Waals surface area contributed by atoms with Gasteiger partial charge in [0.25, 0.3) is 5.91 Å². The molecule has 0 radical (unpaired) electrons. The van der Waals surface area contributed by atoms with Crippen LogP contribution in [-0.2, 0) is 0 Å². The molecule has 0 aliphatic heterocycles. The van der Waals surface area contributed by atoms with E-state index in [0.717, 1.165) is 17.3 Å². The number of carbonyl (C=O) groups is 1. The summed E-state index contributed by atoms with van der Waals surface area (Å²) in [5.74, 6) is 2.21. The van der Waals surface area contributed by atoms with E-state index in [1.54, 1.807) is 19.4 Å². The van der Waals surface area contributed by atoms with Crippen molar-refractivity contribution < 1.29 is 14.3 Å². The Hall–Kier alpha value is -2.76. The molecule has 1 aliphatic carbocycles. The standard InChI is InChI=1S/C21H27N3O3/c1-26-18-8-10-19(11-9-18)27-14-13-22-21(25)16-7-12-20(23-15-16)24-17-5-3-2-4-6-17/h7-12,15,17H,2-6,13-14H2,1H3,(H,22,25)(H,23,24). The minimum absolute atomic E-state index is 0.148. The zero-order valence-corrected chi connectivity index (χ0v) is 15.7. The maximum atomic E-state index is 12.2. The van der Waals surface area contributed by atoms with Gasteiger partial charge in [0, 0.05) is 12.2 Å². The summed E-state index contributed by atoms with van der Waals surface area (Å²) in [6.07, 6.45) is 7.88. The van der Waals surface area contributed by atoms with Crippen molar-refractivity contribution in [1.29, 1.82) is 0 Å². The van der Waals surface area contributed by atoms with Crippen LogP contribution in [0.2, 0.25) is 0 Å². The molecule has 1 aliphatic rings. The minimum atomic E-state index is -0.148. The lowest BCUT2D eigenvalue weighted by atomic mass is 9.95. The van der Waals surface area contributed by atoms with Gasteiger partial charge < -0.3 is 20.1 Å². The summed E-state index contributed by atoms with van der Waals surface area (Å²) in [5, 5.41) is 6.30. The van der Waals surface area contributed by atoms with Crippen molar-refractivity contribution in [1.82, 2.24) is 10.3 Å². The molecule has 1 amide bonds. The average Bonchev–Trinajstić information content (AvgIpc) is 2.73. The molecule has 2 N–H and O–H groups in total. The molecule has 0 spiro atoms. The maximum absolute atomic E-state index is 12.2. The topological polar surface area (TPSA) is 72.5 Å². The van der Waals surface area contributed by atoms with E-state index in [9.17, 15) is 4.79 Å². The number of amides is 1. The average molecular weight is 369 g/mol. The van der Waals surface area contributed by atoms with Crippen molar-refractivity contribution in [3.8, 4) is 11.5 Å². The van der Waals surface area contributed by atoms with Gasteiger partial charge in [-0.1, -0.05) is 19.3 Å². The number of carbonyl (C=O) groups excluding carboxylic acids is 1. The van der Waals surface area contributed by atoms with Gasteiger partial charge >= 0.3 is 0 Å². The van der Waals surface area contributed by atoms with Crippen molar-refractivity contribution >= 4 is 11.7 Å². The zero-order valence-electron chi connectivity index (χ0n) is 15.7. The fourth-order valence-corrected chi connectivity index (χ4v) is 3.18. The van der Waals surface area contributed by atoms with Crippen molar-refractivity contribution in [2.24, 2.45) is 0 Å². The highest BCUT2D eigenvalue weighted by atomic mass is 16.5. The number of pyridine rings is 1. The summed E-state index contributed by atoms with van der Waals surface area (Å²) in [4.78, 5) is 16.6. The first-order chi connectivity index (χ1) is 13.2. The van der Waals surface area contributed by atoms with Crippen LogP contribution in [0.5, 0.6) is 11.5 Å². The molecule has 0 saturated heterocycles. The Morgan fingerprint density at radius 2 is 1.81 bits per heavy atom. The number of rotatable bonds is 8. The molecule has 1 saturated carbocycles. The molecule has 6 heteroatoms. The van der Waals surface area contributed by atoms with Crippen LogP contribution >= 0.6 is 0 Å². The zero-order chi connectivity index (χ0) is 18.9. The first-order valence-corrected chi connectivity index (χ1v) is 9.52. The number of aromatic nitrogens is 1. The minimum Gasteiger partial charge on any atom is -0.497 e. The molecule has 2 aromatic rings. The highest BCUT2D eigenvalue weighted by Crippen LogP contribution is 2.21. The smallest absolute Gasteiger partial charge is 0.252 e. The van der Waals surface area contributed by atoms with Gasteiger partial charge in [0.05, 0.1) is 19.2 Å².